The van der Waals surface area contributed by atoms with E-state index in [1.807, 2.05) is 32.0 Å². The molecule has 1 fully saturated rings. The van der Waals surface area contributed by atoms with Gasteiger partial charge in [0, 0.05) is 44.8 Å². The normalized spacial score (nSPS) is 16.0. The van der Waals surface area contributed by atoms with Gasteiger partial charge in [0.15, 0.2) is 0 Å². The minimum absolute atomic E-state index is 0.0197. The summed E-state index contributed by atoms with van der Waals surface area (Å²) in [7, 11) is -3.28. The third kappa shape index (κ3) is 5.67. The number of sulfonamides is 1. The first-order valence-corrected chi connectivity index (χ1v) is 11.0. The Morgan fingerprint density at radius 3 is 2.46 bits per heavy atom. The molecule has 1 aromatic rings. The molecule has 0 spiro atoms. The van der Waals surface area contributed by atoms with Crippen LogP contribution in [0.4, 0.5) is 5.82 Å². The topological polar surface area (TPSA) is 82.6 Å². The van der Waals surface area contributed by atoms with Crippen LogP contribution in [-0.2, 0) is 14.8 Å². The Morgan fingerprint density at radius 1 is 1.19 bits per heavy atom. The van der Waals surface area contributed by atoms with Crippen LogP contribution in [0, 0.1) is 5.92 Å². The van der Waals surface area contributed by atoms with Crippen molar-refractivity contribution in [2.24, 2.45) is 5.92 Å². The molecule has 1 aromatic heterocycles. The van der Waals surface area contributed by atoms with E-state index in [2.05, 4.69) is 15.2 Å². The minimum atomic E-state index is -3.28. The fourth-order valence-corrected chi connectivity index (χ4v) is 4.62. The first-order chi connectivity index (χ1) is 12.5. The molecule has 146 valence electrons. The summed E-state index contributed by atoms with van der Waals surface area (Å²) >= 11 is 0. The summed E-state index contributed by atoms with van der Waals surface area (Å²) in [5.41, 5.74) is 0. The molecule has 0 radical (unpaired) electrons. The average molecular weight is 383 g/mol. The third-order valence-electron chi connectivity index (χ3n) is 4.84. The van der Waals surface area contributed by atoms with Gasteiger partial charge in [-0.2, -0.15) is 4.31 Å². The summed E-state index contributed by atoms with van der Waals surface area (Å²) in [6.07, 6.45) is 3.80. The van der Waals surface area contributed by atoms with Crippen LogP contribution in [0.25, 0.3) is 0 Å². The minimum Gasteiger partial charge on any atom is -0.356 e. The van der Waals surface area contributed by atoms with Crippen molar-refractivity contribution in [2.75, 3.05) is 43.4 Å². The number of nitrogens with one attached hydrogen (secondary N) is 1. The van der Waals surface area contributed by atoms with Crippen LogP contribution in [0.1, 0.15) is 33.1 Å². The summed E-state index contributed by atoms with van der Waals surface area (Å²) in [6.45, 7) is 6.61. The van der Waals surface area contributed by atoms with Crippen LogP contribution in [0.15, 0.2) is 24.4 Å². The van der Waals surface area contributed by atoms with Gasteiger partial charge in [0.25, 0.3) is 0 Å². The number of hydrogen-bond donors (Lipinski definition) is 1. The van der Waals surface area contributed by atoms with Crippen molar-refractivity contribution in [3.05, 3.63) is 24.4 Å². The van der Waals surface area contributed by atoms with E-state index in [0.717, 1.165) is 18.7 Å². The Kier molecular flexibility index (Phi) is 7.84. The number of hydrogen-bond acceptors (Lipinski definition) is 5. The largest absolute Gasteiger partial charge is 0.356 e. The van der Waals surface area contributed by atoms with Gasteiger partial charge in [-0.05, 0) is 31.4 Å². The molecule has 0 aliphatic carbocycles. The highest BCUT2D eigenvalue weighted by Crippen LogP contribution is 2.15. The molecule has 0 bridgehead atoms. The molecule has 0 aromatic carbocycles. The summed E-state index contributed by atoms with van der Waals surface area (Å²) in [6, 6.07) is 5.74. The number of carbonyl (C=O) groups excluding carboxylic acids is 1. The standard InChI is InChI=1S/C18H30N4O3S/c1-3-16(4-2)18(23)20-10-7-15-26(24,25)22-13-11-21(12-14-22)17-8-5-6-9-19-17/h5-6,8-9,16H,3-4,7,10-15H2,1-2H3,(H,20,23). The Hall–Kier alpha value is -1.67. The zero-order valence-corrected chi connectivity index (χ0v) is 16.5. The molecule has 2 heterocycles. The predicted molar refractivity (Wildman–Crippen MR) is 104 cm³/mol. The number of amides is 1. The molecule has 0 saturated carbocycles. The number of carbonyl (C=O) groups is 1. The molecule has 1 aliphatic rings. The van der Waals surface area contributed by atoms with Crippen LogP contribution < -0.4 is 10.2 Å². The van der Waals surface area contributed by atoms with E-state index in [0.29, 0.717) is 39.1 Å². The first kappa shape index (κ1) is 20.6. The van der Waals surface area contributed by atoms with Gasteiger partial charge < -0.3 is 10.2 Å². The monoisotopic (exact) mass is 382 g/mol. The molecular weight excluding hydrogens is 352 g/mol. The van der Waals surface area contributed by atoms with Gasteiger partial charge in [0.1, 0.15) is 5.82 Å². The van der Waals surface area contributed by atoms with Crippen LogP contribution in [-0.4, -0.2) is 62.1 Å². The Balaban J connectivity index is 1.74. The van der Waals surface area contributed by atoms with Gasteiger partial charge in [0.2, 0.25) is 15.9 Å². The second kappa shape index (κ2) is 9.87. The Bertz CT molecular complexity index is 654. The highest BCUT2D eigenvalue weighted by atomic mass is 32.2. The summed E-state index contributed by atoms with van der Waals surface area (Å²) in [4.78, 5) is 18.3. The van der Waals surface area contributed by atoms with E-state index < -0.39 is 10.0 Å². The SMILES string of the molecule is CCC(CC)C(=O)NCCCS(=O)(=O)N1CCN(c2ccccn2)CC1. The van der Waals surface area contributed by atoms with Crippen molar-refractivity contribution >= 4 is 21.7 Å². The van der Waals surface area contributed by atoms with Crippen LogP contribution in [0.2, 0.25) is 0 Å². The Morgan fingerprint density at radius 2 is 1.88 bits per heavy atom. The summed E-state index contributed by atoms with van der Waals surface area (Å²) in [5, 5.41) is 2.85. The second-order valence-corrected chi connectivity index (χ2v) is 8.64. The molecule has 0 atom stereocenters. The van der Waals surface area contributed by atoms with Crippen molar-refractivity contribution < 1.29 is 13.2 Å². The van der Waals surface area contributed by atoms with Crippen LogP contribution in [0.5, 0.6) is 0 Å². The van der Waals surface area contributed by atoms with E-state index in [-0.39, 0.29) is 17.6 Å². The van der Waals surface area contributed by atoms with Gasteiger partial charge in [-0.15, -0.1) is 0 Å². The van der Waals surface area contributed by atoms with Gasteiger partial charge in [-0.3, -0.25) is 4.79 Å². The molecular formula is C18H30N4O3S. The number of anilines is 1. The molecule has 1 N–H and O–H groups in total. The molecule has 2 rings (SSSR count). The van der Waals surface area contributed by atoms with E-state index >= 15 is 0 Å². The maximum absolute atomic E-state index is 12.5. The van der Waals surface area contributed by atoms with Crippen molar-refractivity contribution in [2.45, 2.75) is 33.1 Å². The second-order valence-electron chi connectivity index (χ2n) is 6.55. The summed E-state index contributed by atoms with van der Waals surface area (Å²) < 4.78 is 26.5. The van der Waals surface area contributed by atoms with E-state index in [1.165, 1.54) is 0 Å². The van der Waals surface area contributed by atoms with Gasteiger partial charge in [0.05, 0.1) is 5.75 Å². The fraction of sp³-hybridized carbons (Fsp3) is 0.667. The quantitative estimate of drug-likeness (QED) is 0.654. The van der Waals surface area contributed by atoms with Crippen molar-refractivity contribution in [3.8, 4) is 0 Å². The van der Waals surface area contributed by atoms with E-state index in [4.69, 9.17) is 0 Å². The van der Waals surface area contributed by atoms with Gasteiger partial charge >= 0.3 is 0 Å². The van der Waals surface area contributed by atoms with Crippen molar-refractivity contribution in [1.29, 1.82) is 0 Å². The smallest absolute Gasteiger partial charge is 0.223 e. The molecule has 1 aliphatic heterocycles. The average Bonchev–Trinajstić information content (AvgIpc) is 2.67. The van der Waals surface area contributed by atoms with Crippen molar-refractivity contribution in [3.63, 3.8) is 0 Å². The molecule has 26 heavy (non-hydrogen) atoms. The molecule has 7 nitrogen and oxygen atoms in total. The predicted octanol–water partition coefficient (Wildman–Crippen LogP) is 1.48. The number of piperazine rings is 1. The zero-order chi connectivity index (χ0) is 19.0. The maximum Gasteiger partial charge on any atom is 0.223 e. The van der Waals surface area contributed by atoms with E-state index in [1.54, 1.807) is 10.5 Å². The van der Waals surface area contributed by atoms with Gasteiger partial charge in [-0.25, -0.2) is 13.4 Å². The molecule has 8 heteroatoms. The molecule has 1 amide bonds. The zero-order valence-electron chi connectivity index (χ0n) is 15.7. The Labute approximate surface area is 156 Å². The third-order valence-corrected chi connectivity index (χ3v) is 6.80. The first-order valence-electron chi connectivity index (χ1n) is 9.39. The highest BCUT2D eigenvalue weighted by Gasteiger charge is 2.27. The molecule has 0 unspecified atom stereocenters. The van der Waals surface area contributed by atoms with Gasteiger partial charge in [-0.1, -0.05) is 19.9 Å². The number of nitrogens with zero attached hydrogens (tertiary/aromatic N) is 3. The number of pyridine rings is 1. The lowest BCUT2D eigenvalue weighted by atomic mass is 10.0. The fourth-order valence-electron chi connectivity index (χ4n) is 3.14. The van der Waals surface area contributed by atoms with Crippen molar-refractivity contribution in [1.82, 2.24) is 14.6 Å². The van der Waals surface area contributed by atoms with Crippen LogP contribution in [0.3, 0.4) is 0 Å². The number of aromatic nitrogens is 1. The summed E-state index contributed by atoms with van der Waals surface area (Å²) in [5.74, 6) is 0.996. The van der Waals surface area contributed by atoms with Crippen LogP contribution >= 0.6 is 0 Å². The maximum atomic E-state index is 12.5. The lowest BCUT2D eigenvalue weighted by molar-refractivity contribution is -0.125. The lowest BCUT2D eigenvalue weighted by Gasteiger charge is -2.34. The van der Waals surface area contributed by atoms with E-state index in [9.17, 15) is 13.2 Å². The number of rotatable bonds is 9. The lowest BCUT2D eigenvalue weighted by Crippen LogP contribution is -2.49. The molecule has 1 saturated heterocycles. The highest BCUT2D eigenvalue weighted by molar-refractivity contribution is 7.89.